The molecule has 21 heavy (non-hydrogen) atoms. The Balaban J connectivity index is 2.03. The Morgan fingerprint density at radius 2 is 2.33 bits per heavy atom. The van der Waals surface area contributed by atoms with Crippen molar-refractivity contribution >= 4 is 5.78 Å². The number of nitrogens with zero attached hydrogens (tertiary/aromatic N) is 1. The van der Waals surface area contributed by atoms with Crippen molar-refractivity contribution in [3.63, 3.8) is 0 Å². The summed E-state index contributed by atoms with van der Waals surface area (Å²) in [7, 11) is 1.48. The molecule has 0 radical (unpaired) electrons. The van der Waals surface area contributed by atoms with Crippen molar-refractivity contribution in [3.8, 4) is 5.75 Å². The van der Waals surface area contributed by atoms with E-state index in [-0.39, 0.29) is 18.4 Å². The second kappa shape index (κ2) is 7.52. The van der Waals surface area contributed by atoms with E-state index in [4.69, 9.17) is 9.47 Å². The first-order valence-electron chi connectivity index (χ1n) is 7.34. The van der Waals surface area contributed by atoms with Gasteiger partial charge in [-0.05, 0) is 37.6 Å². The number of carbonyl (C=O) groups excluding carboxylic acids is 1. The average Bonchev–Trinajstić information content (AvgIpc) is 2.99. The van der Waals surface area contributed by atoms with Crippen LogP contribution in [0.3, 0.4) is 0 Å². The molecule has 0 N–H and O–H groups in total. The lowest BCUT2D eigenvalue weighted by Crippen LogP contribution is -2.36. The lowest BCUT2D eigenvalue weighted by Gasteiger charge is -2.23. The second-order valence-electron chi connectivity index (χ2n) is 5.23. The molecule has 1 fully saturated rings. The molecule has 1 aromatic carbocycles. The van der Waals surface area contributed by atoms with Crippen molar-refractivity contribution in [3.05, 3.63) is 29.6 Å². The van der Waals surface area contributed by atoms with Gasteiger partial charge in [0.1, 0.15) is 11.6 Å². The minimum atomic E-state index is -0.429. The Bertz CT molecular complexity index is 486. The Kier molecular flexibility index (Phi) is 5.70. The molecule has 0 aromatic heterocycles. The second-order valence-corrected chi connectivity index (χ2v) is 5.23. The van der Waals surface area contributed by atoms with Gasteiger partial charge < -0.3 is 9.47 Å². The number of hydrogen-bond acceptors (Lipinski definition) is 4. The highest BCUT2D eigenvalue weighted by molar-refractivity contribution is 6.00. The van der Waals surface area contributed by atoms with Gasteiger partial charge in [0.25, 0.3) is 0 Å². The van der Waals surface area contributed by atoms with Crippen LogP contribution in [0.1, 0.15) is 30.1 Å². The first-order chi connectivity index (χ1) is 10.1. The van der Waals surface area contributed by atoms with Crippen molar-refractivity contribution in [2.75, 3.05) is 33.4 Å². The summed E-state index contributed by atoms with van der Waals surface area (Å²) in [6.07, 6.45) is 2.31. The number of benzene rings is 1. The van der Waals surface area contributed by atoms with Crippen LogP contribution in [0.15, 0.2) is 18.2 Å². The van der Waals surface area contributed by atoms with Gasteiger partial charge in [-0.1, -0.05) is 6.92 Å². The number of likely N-dealkylation sites (N-methyl/N-ethyl adjacent to an activating group) is 1. The Labute approximate surface area is 124 Å². The zero-order valence-electron chi connectivity index (χ0n) is 12.6. The zero-order chi connectivity index (χ0) is 15.2. The largest absolute Gasteiger partial charge is 0.496 e. The highest BCUT2D eigenvalue weighted by Gasteiger charge is 2.21. The van der Waals surface area contributed by atoms with Crippen LogP contribution < -0.4 is 4.74 Å². The van der Waals surface area contributed by atoms with Gasteiger partial charge >= 0.3 is 0 Å². The van der Waals surface area contributed by atoms with Crippen LogP contribution in [0.25, 0.3) is 0 Å². The van der Waals surface area contributed by atoms with Gasteiger partial charge in [-0.2, -0.15) is 0 Å². The molecule has 1 aliphatic heterocycles. The van der Waals surface area contributed by atoms with Gasteiger partial charge in [-0.25, -0.2) is 4.39 Å². The van der Waals surface area contributed by atoms with Gasteiger partial charge in [0.05, 0.1) is 25.3 Å². The van der Waals surface area contributed by atoms with Gasteiger partial charge in [0.15, 0.2) is 5.78 Å². The summed E-state index contributed by atoms with van der Waals surface area (Å²) in [5, 5.41) is 0. The Hall–Kier alpha value is -1.46. The van der Waals surface area contributed by atoms with Crippen LogP contribution in [0.5, 0.6) is 5.75 Å². The van der Waals surface area contributed by atoms with Gasteiger partial charge in [0, 0.05) is 13.2 Å². The van der Waals surface area contributed by atoms with Crippen molar-refractivity contribution in [2.45, 2.75) is 25.9 Å². The molecule has 1 heterocycles. The topological polar surface area (TPSA) is 38.8 Å². The summed E-state index contributed by atoms with van der Waals surface area (Å²) in [4.78, 5) is 14.4. The van der Waals surface area contributed by atoms with Crippen LogP contribution in [-0.4, -0.2) is 50.1 Å². The molecule has 1 aromatic rings. The van der Waals surface area contributed by atoms with Crippen LogP contribution >= 0.6 is 0 Å². The van der Waals surface area contributed by atoms with E-state index < -0.39 is 5.82 Å². The van der Waals surface area contributed by atoms with Crippen molar-refractivity contribution in [1.29, 1.82) is 0 Å². The SMILES string of the molecule is CCN(CC(=O)c1cc(F)ccc1OC)CC1CCCO1. The van der Waals surface area contributed by atoms with E-state index in [1.54, 1.807) is 0 Å². The summed E-state index contributed by atoms with van der Waals surface area (Å²) < 4.78 is 24.1. The molecule has 0 spiro atoms. The summed E-state index contributed by atoms with van der Waals surface area (Å²) >= 11 is 0. The monoisotopic (exact) mass is 295 g/mol. The number of ether oxygens (including phenoxy) is 2. The lowest BCUT2D eigenvalue weighted by atomic mass is 10.1. The molecule has 0 aliphatic carbocycles. The lowest BCUT2D eigenvalue weighted by molar-refractivity contribution is 0.0685. The van der Waals surface area contributed by atoms with Crippen LogP contribution in [-0.2, 0) is 4.74 Å². The van der Waals surface area contributed by atoms with Gasteiger partial charge in [-0.15, -0.1) is 0 Å². The Morgan fingerprint density at radius 3 is 2.95 bits per heavy atom. The van der Waals surface area contributed by atoms with E-state index in [1.165, 1.54) is 25.3 Å². The fourth-order valence-electron chi connectivity index (χ4n) is 2.57. The third kappa shape index (κ3) is 4.25. The number of Topliss-reactive ketones (excluding diaryl/α,β-unsaturated/α-hetero) is 1. The van der Waals surface area contributed by atoms with E-state index in [0.717, 1.165) is 32.5 Å². The van der Waals surface area contributed by atoms with E-state index in [1.807, 2.05) is 11.8 Å². The predicted molar refractivity (Wildman–Crippen MR) is 78.4 cm³/mol. The van der Waals surface area contributed by atoms with Gasteiger partial charge in [-0.3, -0.25) is 9.69 Å². The molecule has 4 nitrogen and oxygen atoms in total. The normalized spacial score (nSPS) is 18.2. The predicted octanol–water partition coefficient (Wildman–Crippen LogP) is 2.52. The third-order valence-electron chi connectivity index (χ3n) is 3.76. The summed E-state index contributed by atoms with van der Waals surface area (Å²) in [5.74, 6) is -0.151. The highest BCUT2D eigenvalue weighted by atomic mass is 19.1. The third-order valence-corrected chi connectivity index (χ3v) is 3.76. The van der Waals surface area contributed by atoms with E-state index in [0.29, 0.717) is 11.3 Å². The smallest absolute Gasteiger partial charge is 0.180 e. The van der Waals surface area contributed by atoms with Crippen LogP contribution in [0, 0.1) is 5.82 Å². The number of hydrogen-bond donors (Lipinski definition) is 0. The molecular formula is C16H22FNO3. The maximum absolute atomic E-state index is 13.3. The molecule has 1 aliphatic rings. The van der Waals surface area contributed by atoms with Crippen LogP contribution in [0.2, 0.25) is 0 Å². The van der Waals surface area contributed by atoms with E-state index >= 15 is 0 Å². The van der Waals surface area contributed by atoms with Crippen LogP contribution in [0.4, 0.5) is 4.39 Å². The summed E-state index contributed by atoms with van der Waals surface area (Å²) in [6, 6.07) is 4.01. The fourth-order valence-corrected chi connectivity index (χ4v) is 2.57. The maximum Gasteiger partial charge on any atom is 0.180 e. The zero-order valence-corrected chi connectivity index (χ0v) is 12.6. The number of halogens is 1. The van der Waals surface area contributed by atoms with Gasteiger partial charge in [0.2, 0.25) is 0 Å². The minimum absolute atomic E-state index is 0.133. The molecule has 0 bridgehead atoms. The summed E-state index contributed by atoms with van der Waals surface area (Å²) in [5.41, 5.74) is 0.295. The average molecular weight is 295 g/mol. The fraction of sp³-hybridized carbons (Fsp3) is 0.562. The Morgan fingerprint density at radius 1 is 1.52 bits per heavy atom. The number of methoxy groups -OCH3 is 1. The quantitative estimate of drug-likeness (QED) is 0.725. The number of carbonyl (C=O) groups is 1. The van der Waals surface area contributed by atoms with E-state index in [2.05, 4.69) is 0 Å². The molecular weight excluding hydrogens is 273 g/mol. The molecule has 1 unspecified atom stereocenters. The van der Waals surface area contributed by atoms with E-state index in [9.17, 15) is 9.18 Å². The van der Waals surface area contributed by atoms with Crippen molar-refractivity contribution < 1.29 is 18.7 Å². The molecule has 1 saturated heterocycles. The molecule has 5 heteroatoms. The highest BCUT2D eigenvalue weighted by Crippen LogP contribution is 2.20. The standard InChI is InChI=1S/C16H22FNO3/c1-3-18(10-13-5-4-8-21-13)11-15(19)14-9-12(17)6-7-16(14)20-2/h6-7,9,13H,3-5,8,10-11H2,1-2H3. The minimum Gasteiger partial charge on any atom is -0.496 e. The molecule has 0 amide bonds. The maximum atomic E-state index is 13.3. The molecule has 2 rings (SSSR count). The molecule has 116 valence electrons. The number of rotatable bonds is 7. The number of ketones is 1. The first kappa shape index (κ1) is 15.9. The first-order valence-corrected chi connectivity index (χ1v) is 7.34. The van der Waals surface area contributed by atoms with Crippen molar-refractivity contribution in [1.82, 2.24) is 4.90 Å². The summed E-state index contributed by atoms with van der Waals surface area (Å²) in [6.45, 7) is 4.54. The molecule has 0 saturated carbocycles. The van der Waals surface area contributed by atoms with Crippen molar-refractivity contribution in [2.24, 2.45) is 0 Å². The molecule has 1 atom stereocenters.